The summed E-state index contributed by atoms with van der Waals surface area (Å²) >= 11 is 0. The third-order valence-corrected chi connectivity index (χ3v) is 4.28. The fourth-order valence-electron chi connectivity index (χ4n) is 2.18. The zero-order valence-corrected chi connectivity index (χ0v) is 19.8. The quantitative estimate of drug-likeness (QED) is 0.184. The first-order chi connectivity index (χ1) is 14.0. The molecule has 6 heteroatoms. The molecule has 0 bridgehead atoms. The lowest BCUT2D eigenvalue weighted by atomic mass is 10.1. The second-order valence-electron chi connectivity index (χ2n) is 8.35. The Labute approximate surface area is 184 Å². The van der Waals surface area contributed by atoms with E-state index in [2.05, 4.69) is 47.9 Å². The number of nitrogens with zero attached hydrogens (tertiary/aromatic N) is 1. The molecule has 0 spiro atoms. The van der Waals surface area contributed by atoms with Gasteiger partial charge in [-0.25, -0.2) is 0 Å². The first kappa shape index (κ1) is 28.0. The number of nitrogens with one attached hydrogen (secondary N) is 2. The van der Waals surface area contributed by atoms with Crippen LogP contribution in [0.3, 0.4) is 0 Å². The van der Waals surface area contributed by atoms with Crippen molar-refractivity contribution in [1.29, 1.82) is 0 Å². The molecule has 172 valence electrons. The van der Waals surface area contributed by atoms with Gasteiger partial charge in [0.15, 0.2) is 0 Å². The third kappa shape index (κ3) is 14.9. The molecule has 30 heavy (non-hydrogen) atoms. The van der Waals surface area contributed by atoms with E-state index in [1.54, 1.807) is 12.3 Å². The lowest BCUT2D eigenvalue weighted by molar-refractivity contribution is -0.169. The van der Waals surface area contributed by atoms with Gasteiger partial charge in [-0.3, -0.25) is 0 Å². The molecule has 0 saturated carbocycles. The molecule has 0 fully saturated rings. The van der Waals surface area contributed by atoms with Crippen molar-refractivity contribution in [2.75, 3.05) is 40.1 Å². The minimum absolute atomic E-state index is 0.207. The lowest BCUT2D eigenvalue weighted by Crippen LogP contribution is -2.44. The maximum Gasteiger partial charge on any atom is 0.147 e. The average molecular weight is 422 g/mol. The number of ether oxygens (including phenoxy) is 3. The van der Waals surface area contributed by atoms with Gasteiger partial charge in [0, 0.05) is 32.3 Å². The monoisotopic (exact) mass is 421 g/mol. The van der Waals surface area contributed by atoms with Crippen molar-refractivity contribution in [3.63, 3.8) is 0 Å². The predicted octanol–water partition coefficient (Wildman–Crippen LogP) is 4.31. The summed E-state index contributed by atoms with van der Waals surface area (Å²) in [5.41, 5.74) is 0.0309. The molecular formula is C24H43N3O3. The van der Waals surface area contributed by atoms with E-state index in [4.69, 9.17) is 14.2 Å². The molecule has 0 aromatic carbocycles. The second kappa shape index (κ2) is 14.9. The summed E-state index contributed by atoms with van der Waals surface area (Å²) in [6.45, 7) is 26.0. The van der Waals surface area contributed by atoms with Gasteiger partial charge in [0.1, 0.15) is 6.79 Å². The Morgan fingerprint density at radius 2 is 1.77 bits per heavy atom. The largest absolute Gasteiger partial charge is 0.371 e. The van der Waals surface area contributed by atoms with E-state index in [1.807, 2.05) is 40.8 Å². The number of rotatable bonds is 19. The van der Waals surface area contributed by atoms with Gasteiger partial charge < -0.3 is 29.7 Å². The Morgan fingerprint density at radius 1 is 1.07 bits per heavy atom. The highest BCUT2D eigenvalue weighted by molar-refractivity contribution is 4.99. The average Bonchev–Trinajstić information content (AvgIpc) is 2.68. The Morgan fingerprint density at radius 3 is 2.40 bits per heavy atom. The second-order valence-corrected chi connectivity index (χ2v) is 8.35. The van der Waals surface area contributed by atoms with Crippen molar-refractivity contribution in [2.24, 2.45) is 0 Å². The van der Waals surface area contributed by atoms with Crippen molar-refractivity contribution >= 4 is 0 Å². The van der Waals surface area contributed by atoms with Crippen LogP contribution in [0.4, 0.5) is 0 Å². The van der Waals surface area contributed by atoms with Gasteiger partial charge in [0.2, 0.25) is 0 Å². The van der Waals surface area contributed by atoms with Crippen LogP contribution in [0.25, 0.3) is 0 Å². The van der Waals surface area contributed by atoms with E-state index < -0.39 is 5.60 Å². The molecule has 0 aromatic rings. The summed E-state index contributed by atoms with van der Waals surface area (Å²) in [6.07, 6.45) is 9.06. The molecule has 0 aliphatic carbocycles. The van der Waals surface area contributed by atoms with E-state index in [0.29, 0.717) is 26.2 Å². The summed E-state index contributed by atoms with van der Waals surface area (Å²) in [5, 5.41) is 6.29. The van der Waals surface area contributed by atoms with Crippen molar-refractivity contribution in [3.8, 4) is 0 Å². The van der Waals surface area contributed by atoms with Crippen LogP contribution in [-0.2, 0) is 14.2 Å². The number of hydrogen-bond acceptors (Lipinski definition) is 6. The standard InChI is InChI=1S/C24H43N3O3/c1-10-12-13-14-16-27(9)22(4)26-18-23(5,6)29-19-24(7,8)30-20-28-17-15-21(3)25-11-2/h10-13,25-26H,1-4,14-20H2,5-9H3/b13-12-. The Balaban J connectivity index is 4.15. The third-order valence-electron chi connectivity index (χ3n) is 4.28. The van der Waals surface area contributed by atoms with Gasteiger partial charge in [0.25, 0.3) is 0 Å². The summed E-state index contributed by atoms with van der Waals surface area (Å²) < 4.78 is 17.4. The fourth-order valence-corrected chi connectivity index (χ4v) is 2.18. The van der Waals surface area contributed by atoms with Crippen LogP contribution in [0.15, 0.2) is 62.3 Å². The Bertz CT molecular complexity index is 568. The van der Waals surface area contributed by atoms with E-state index in [-0.39, 0.29) is 12.4 Å². The van der Waals surface area contributed by atoms with Gasteiger partial charge in [-0.2, -0.15) is 0 Å². The molecule has 0 aliphatic rings. The van der Waals surface area contributed by atoms with Crippen molar-refractivity contribution < 1.29 is 14.2 Å². The summed E-state index contributed by atoms with van der Waals surface area (Å²) in [7, 11) is 2.02. The molecule has 0 aliphatic heterocycles. The van der Waals surface area contributed by atoms with Crippen molar-refractivity contribution in [1.82, 2.24) is 15.5 Å². The molecule has 0 saturated heterocycles. The van der Waals surface area contributed by atoms with Crippen LogP contribution in [0.1, 0.15) is 40.5 Å². The SMILES string of the molecule is C=C/C=C\CCN(C)C(=C)NCC(C)(C)OCC(C)(C)OCOCCC(=C)NC=C. The molecule has 0 heterocycles. The minimum Gasteiger partial charge on any atom is -0.371 e. The minimum atomic E-state index is -0.459. The van der Waals surface area contributed by atoms with Crippen LogP contribution in [0.5, 0.6) is 0 Å². The summed E-state index contributed by atoms with van der Waals surface area (Å²) in [5.74, 6) is 0.870. The molecule has 0 radical (unpaired) electrons. The number of hydrogen-bond donors (Lipinski definition) is 2. The normalized spacial score (nSPS) is 11.9. The van der Waals surface area contributed by atoms with Gasteiger partial charge in [0.05, 0.1) is 30.2 Å². The van der Waals surface area contributed by atoms with Gasteiger partial charge in [-0.05, 0) is 40.3 Å². The summed E-state index contributed by atoms with van der Waals surface area (Å²) in [4.78, 5) is 2.09. The summed E-state index contributed by atoms with van der Waals surface area (Å²) in [6, 6.07) is 0. The van der Waals surface area contributed by atoms with Crippen LogP contribution in [0.2, 0.25) is 0 Å². The molecule has 0 unspecified atom stereocenters. The van der Waals surface area contributed by atoms with Gasteiger partial charge >= 0.3 is 0 Å². The lowest BCUT2D eigenvalue weighted by Gasteiger charge is -2.33. The van der Waals surface area contributed by atoms with E-state index in [1.165, 1.54) is 0 Å². The van der Waals surface area contributed by atoms with Crippen molar-refractivity contribution in [2.45, 2.75) is 51.7 Å². The highest BCUT2D eigenvalue weighted by atomic mass is 16.7. The first-order valence-electron chi connectivity index (χ1n) is 10.4. The molecule has 0 aromatic heterocycles. The predicted molar refractivity (Wildman–Crippen MR) is 127 cm³/mol. The molecule has 0 amide bonds. The molecule has 0 atom stereocenters. The zero-order chi connectivity index (χ0) is 23.0. The zero-order valence-electron chi connectivity index (χ0n) is 19.8. The topological polar surface area (TPSA) is 55.0 Å². The van der Waals surface area contributed by atoms with E-state index in [9.17, 15) is 0 Å². The van der Waals surface area contributed by atoms with Gasteiger partial charge in [-0.15, -0.1) is 0 Å². The Kier molecular flexibility index (Phi) is 13.9. The van der Waals surface area contributed by atoms with Gasteiger partial charge in [-0.1, -0.05) is 44.5 Å². The van der Waals surface area contributed by atoms with Crippen LogP contribution < -0.4 is 10.6 Å². The van der Waals surface area contributed by atoms with Crippen LogP contribution in [0, 0.1) is 0 Å². The fraction of sp³-hybridized carbons (Fsp3) is 0.583. The van der Waals surface area contributed by atoms with Crippen molar-refractivity contribution in [3.05, 3.63) is 62.3 Å². The smallest absolute Gasteiger partial charge is 0.147 e. The first-order valence-corrected chi connectivity index (χ1v) is 10.4. The molecule has 0 rings (SSSR count). The van der Waals surface area contributed by atoms with E-state index >= 15 is 0 Å². The number of allylic oxidation sites excluding steroid dienone is 2. The van der Waals surface area contributed by atoms with Crippen LogP contribution >= 0.6 is 0 Å². The Hall–Kier alpha value is -2.02. The van der Waals surface area contributed by atoms with E-state index in [0.717, 1.165) is 24.5 Å². The maximum absolute atomic E-state index is 6.10. The molecule has 2 N–H and O–H groups in total. The highest BCUT2D eigenvalue weighted by Gasteiger charge is 2.26. The maximum atomic E-state index is 6.10. The van der Waals surface area contributed by atoms with Crippen LogP contribution in [-0.4, -0.2) is 56.2 Å². The molecular weight excluding hydrogens is 378 g/mol. The molecule has 6 nitrogen and oxygen atoms in total. The highest BCUT2D eigenvalue weighted by Crippen LogP contribution is 2.16.